The van der Waals surface area contributed by atoms with E-state index in [0.29, 0.717) is 16.8 Å². The molecular weight excluding hydrogens is 306 g/mol. The molecule has 0 saturated carbocycles. The Kier molecular flexibility index (Phi) is 4.16. The van der Waals surface area contributed by atoms with Gasteiger partial charge >= 0.3 is 5.97 Å². The Balaban J connectivity index is 1.79. The molecule has 1 aliphatic rings. The first-order chi connectivity index (χ1) is 11.5. The number of fused-ring (bicyclic) bond motifs is 1. The van der Waals surface area contributed by atoms with Crippen molar-refractivity contribution in [3.8, 4) is 0 Å². The molecule has 0 saturated heterocycles. The maximum absolute atomic E-state index is 12.2. The molecule has 122 valence electrons. The molecule has 1 aliphatic heterocycles. The van der Waals surface area contributed by atoms with Gasteiger partial charge in [-0.15, -0.1) is 0 Å². The van der Waals surface area contributed by atoms with Gasteiger partial charge in [-0.2, -0.15) is 0 Å². The second-order valence-corrected chi connectivity index (χ2v) is 5.89. The summed E-state index contributed by atoms with van der Waals surface area (Å²) in [6.07, 6.45) is -0.179. The summed E-state index contributed by atoms with van der Waals surface area (Å²) in [5.74, 6) is -1.39. The summed E-state index contributed by atoms with van der Waals surface area (Å²) in [5.41, 5.74) is 2.33. The highest BCUT2D eigenvalue weighted by molar-refractivity contribution is 6.52. The molecule has 0 bridgehead atoms. The summed E-state index contributed by atoms with van der Waals surface area (Å²) in [6, 6.07) is 13.8. The minimum absolute atomic E-state index is 0.179. The van der Waals surface area contributed by atoms with Crippen LogP contribution >= 0.6 is 0 Å². The van der Waals surface area contributed by atoms with Gasteiger partial charge in [0, 0.05) is 0 Å². The van der Waals surface area contributed by atoms with Gasteiger partial charge in [-0.3, -0.25) is 9.59 Å². The lowest BCUT2D eigenvalue weighted by Crippen LogP contribution is -2.29. The summed E-state index contributed by atoms with van der Waals surface area (Å²) in [6.45, 7) is 3.86. The van der Waals surface area contributed by atoms with Crippen LogP contribution in [-0.4, -0.2) is 23.8 Å². The zero-order valence-electron chi connectivity index (χ0n) is 13.5. The number of hydrogen-bond acceptors (Lipinski definition) is 4. The van der Waals surface area contributed by atoms with Crippen molar-refractivity contribution in [3.05, 3.63) is 65.2 Å². The average molecular weight is 323 g/mol. The van der Waals surface area contributed by atoms with Crippen LogP contribution in [0.3, 0.4) is 0 Å². The van der Waals surface area contributed by atoms with Gasteiger partial charge < -0.3 is 9.64 Å². The van der Waals surface area contributed by atoms with Crippen molar-refractivity contribution in [2.75, 3.05) is 4.90 Å². The molecule has 24 heavy (non-hydrogen) atoms. The molecule has 1 heterocycles. The van der Waals surface area contributed by atoms with Gasteiger partial charge in [0.2, 0.25) is 0 Å². The van der Waals surface area contributed by atoms with Crippen LogP contribution in [0.15, 0.2) is 48.5 Å². The highest BCUT2D eigenvalue weighted by Crippen LogP contribution is 2.29. The predicted octanol–water partition coefficient (Wildman–Crippen LogP) is 2.98. The van der Waals surface area contributed by atoms with Crippen molar-refractivity contribution < 1.29 is 19.1 Å². The van der Waals surface area contributed by atoms with E-state index < -0.39 is 11.7 Å². The standard InChI is InChI=1S/C19H17NO4/c1-12(2)24-19(23)14-9-7-13(8-10-14)11-20-16-6-4-3-5-15(16)17(21)18(20)22/h3-10,12H,11H2,1-2H3. The first-order valence-corrected chi connectivity index (χ1v) is 7.72. The number of nitrogens with zero attached hydrogens (tertiary/aromatic N) is 1. The number of benzene rings is 2. The fourth-order valence-electron chi connectivity index (χ4n) is 2.62. The quantitative estimate of drug-likeness (QED) is 0.641. The third-order valence-electron chi connectivity index (χ3n) is 3.75. The van der Waals surface area contributed by atoms with Crippen molar-refractivity contribution in [2.45, 2.75) is 26.5 Å². The van der Waals surface area contributed by atoms with Crippen molar-refractivity contribution in [1.29, 1.82) is 0 Å². The number of ketones is 1. The highest BCUT2D eigenvalue weighted by Gasteiger charge is 2.35. The average Bonchev–Trinajstić information content (AvgIpc) is 2.80. The Morgan fingerprint density at radius 1 is 1.04 bits per heavy atom. The zero-order valence-corrected chi connectivity index (χ0v) is 13.5. The van der Waals surface area contributed by atoms with E-state index in [9.17, 15) is 14.4 Å². The molecule has 0 N–H and O–H groups in total. The molecule has 0 aromatic heterocycles. The molecular formula is C19H17NO4. The van der Waals surface area contributed by atoms with E-state index in [1.54, 1.807) is 62.4 Å². The summed E-state index contributed by atoms with van der Waals surface area (Å²) in [5, 5.41) is 0. The highest BCUT2D eigenvalue weighted by atomic mass is 16.5. The van der Waals surface area contributed by atoms with Crippen molar-refractivity contribution in [1.82, 2.24) is 0 Å². The van der Waals surface area contributed by atoms with Crippen molar-refractivity contribution in [3.63, 3.8) is 0 Å². The lowest BCUT2D eigenvalue weighted by molar-refractivity contribution is -0.114. The van der Waals surface area contributed by atoms with Crippen molar-refractivity contribution in [2.24, 2.45) is 0 Å². The van der Waals surface area contributed by atoms with E-state index in [2.05, 4.69) is 0 Å². The summed E-state index contributed by atoms with van der Waals surface area (Å²) >= 11 is 0. The number of carbonyl (C=O) groups is 3. The molecule has 0 fully saturated rings. The molecule has 5 heteroatoms. The van der Waals surface area contributed by atoms with Crippen LogP contribution in [-0.2, 0) is 16.1 Å². The second kappa shape index (κ2) is 6.28. The van der Waals surface area contributed by atoms with Crippen LogP contribution in [0, 0.1) is 0 Å². The number of amides is 1. The van der Waals surface area contributed by atoms with Crippen LogP contribution in [0.1, 0.15) is 40.1 Å². The molecule has 0 spiro atoms. The molecule has 2 aromatic rings. The van der Waals surface area contributed by atoms with Crippen LogP contribution in [0.4, 0.5) is 5.69 Å². The van der Waals surface area contributed by atoms with Gasteiger partial charge in [0.25, 0.3) is 11.7 Å². The summed E-state index contributed by atoms with van der Waals surface area (Å²) in [7, 11) is 0. The number of ether oxygens (including phenoxy) is 1. The molecule has 0 unspecified atom stereocenters. The predicted molar refractivity (Wildman–Crippen MR) is 89.0 cm³/mol. The topological polar surface area (TPSA) is 63.7 Å². The summed E-state index contributed by atoms with van der Waals surface area (Å²) < 4.78 is 5.14. The van der Waals surface area contributed by atoms with E-state index in [0.717, 1.165) is 5.56 Å². The van der Waals surface area contributed by atoms with Crippen LogP contribution in [0.5, 0.6) is 0 Å². The van der Waals surface area contributed by atoms with Gasteiger partial charge in [-0.05, 0) is 43.7 Å². The number of carbonyl (C=O) groups excluding carboxylic acids is 3. The number of para-hydroxylation sites is 1. The lowest BCUT2D eigenvalue weighted by atomic mass is 10.1. The van der Waals surface area contributed by atoms with Crippen LogP contribution in [0.25, 0.3) is 0 Å². The number of hydrogen-bond donors (Lipinski definition) is 0. The minimum atomic E-state index is -0.528. The Morgan fingerprint density at radius 3 is 2.38 bits per heavy atom. The Labute approximate surface area is 139 Å². The Hall–Kier alpha value is -2.95. The fraction of sp³-hybridized carbons (Fsp3) is 0.211. The van der Waals surface area contributed by atoms with Gasteiger partial charge in [0.15, 0.2) is 0 Å². The monoisotopic (exact) mass is 323 g/mol. The fourth-order valence-corrected chi connectivity index (χ4v) is 2.62. The SMILES string of the molecule is CC(C)OC(=O)c1ccc(CN2C(=O)C(=O)c3ccccc32)cc1. The molecule has 0 atom stereocenters. The van der Waals surface area contributed by atoms with E-state index in [4.69, 9.17) is 4.74 Å². The number of rotatable bonds is 4. The van der Waals surface area contributed by atoms with E-state index in [-0.39, 0.29) is 18.6 Å². The van der Waals surface area contributed by atoms with Gasteiger partial charge in [0.1, 0.15) is 0 Å². The zero-order chi connectivity index (χ0) is 17.3. The van der Waals surface area contributed by atoms with Crippen LogP contribution < -0.4 is 4.90 Å². The largest absolute Gasteiger partial charge is 0.459 e. The summed E-state index contributed by atoms with van der Waals surface area (Å²) in [4.78, 5) is 37.5. The van der Waals surface area contributed by atoms with Crippen molar-refractivity contribution >= 4 is 23.3 Å². The first-order valence-electron chi connectivity index (χ1n) is 7.72. The normalized spacial score (nSPS) is 13.4. The molecule has 3 rings (SSSR count). The third kappa shape index (κ3) is 2.93. The third-order valence-corrected chi connectivity index (χ3v) is 3.75. The Morgan fingerprint density at radius 2 is 1.71 bits per heavy atom. The maximum Gasteiger partial charge on any atom is 0.338 e. The number of anilines is 1. The lowest BCUT2D eigenvalue weighted by Gasteiger charge is -2.16. The van der Waals surface area contributed by atoms with E-state index in [1.165, 1.54) is 4.90 Å². The molecule has 0 aliphatic carbocycles. The van der Waals surface area contributed by atoms with Gasteiger partial charge in [0.05, 0.1) is 29.5 Å². The molecule has 2 aromatic carbocycles. The smallest absolute Gasteiger partial charge is 0.338 e. The van der Waals surface area contributed by atoms with E-state index in [1.807, 2.05) is 0 Å². The van der Waals surface area contributed by atoms with Gasteiger partial charge in [-0.1, -0.05) is 24.3 Å². The number of esters is 1. The minimum Gasteiger partial charge on any atom is -0.459 e. The van der Waals surface area contributed by atoms with Gasteiger partial charge in [-0.25, -0.2) is 4.79 Å². The molecule has 0 radical (unpaired) electrons. The van der Waals surface area contributed by atoms with Crippen LogP contribution in [0.2, 0.25) is 0 Å². The first kappa shape index (κ1) is 15.9. The Bertz CT molecular complexity index is 808. The van der Waals surface area contributed by atoms with E-state index >= 15 is 0 Å². The maximum atomic E-state index is 12.2. The number of Topliss-reactive ketones (excluding diaryl/α,β-unsaturated/α-hetero) is 1. The molecule has 1 amide bonds. The molecule has 5 nitrogen and oxygen atoms in total. The second-order valence-electron chi connectivity index (χ2n) is 5.89.